The first kappa shape index (κ1) is 24.1. The van der Waals surface area contributed by atoms with Crippen molar-refractivity contribution in [3.8, 4) is 5.75 Å². The predicted molar refractivity (Wildman–Crippen MR) is 115 cm³/mol. The van der Waals surface area contributed by atoms with Crippen LogP contribution in [-0.2, 0) is 22.8 Å². The molecule has 1 aliphatic heterocycles. The fourth-order valence-corrected chi connectivity index (χ4v) is 5.15. The lowest BCUT2D eigenvalue weighted by molar-refractivity contribution is -0.0437. The Morgan fingerprint density at radius 2 is 1.88 bits per heavy atom. The van der Waals surface area contributed by atoms with Crippen LogP contribution in [0.1, 0.15) is 46.8 Å². The number of anilines is 1. The second kappa shape index (κ2) is 8.74. The molecule has 0 unspecified atom stereocenters. The molecule has 0 bridgehead atoms. The molecule has 0 radical (unpaired) electrons. The number of nitrogens with one attached hydrogen (secondary N) is 1. The fourth-order valence-electron chi connectivity index (χ4n) is 3.86. The smallest absolute Gasteiger partial charge is 0.495 e. The number of nitrogens with zero attached hydrogens (tertiary/aromatic N) is 1. The van der Waals surface area contributed by atoms with Crippen molar-refractivity contribution in [3.05, 3.63) is 52.6 Å². The summed E-state index contributed by atoms with van der Waals surface area (Å²) in [6.07, 6.45) is 0.694. The Morgan fingerprint density at radius 3 is 2.47 bits per heavy atom. The van der Waals surface area contributed by atoms with Gasteiger partial charge in [0.05, 0.1) is 12.7 Å². The fraction of sp³-hybridized carbons (Fsp3) is 0.409. The Labute approximate surface area is 185 Å². The number of ether oxygens (including phenoxy) is 1. The molecule has 1 heterocycles. The molecule has 2 aromatic carbocycles. The lowest BCUT2D eigenvalue weighted by atomic mass is 9.97. The number of sulfone groups is 1. The van der Waals surface area contributed by atoms with Crippen molar-refractivity contribution < 1.29 is 31.1 Å². The number of hydrogen-bond acceptors (Lipinski definition) is 5. The molecule has 3 rings (SSSR count). The van der Waals surface area contributed by atoms with E-state index in [1.807, 2.05) is 13.1 Å². The van der Waals surface area contributed by atoms with Crippen molar-refractivity contribution >= 4 is 21.4 Å². The third kappa shape index (κ3) is 4.33. The van der Waals surface area contributed by atoms with Gasteiger partial charge >= 0.3 is 5.51 Å². The molecule has 0 fully saturated rings. The van der Waals surface area contributed by atoms with Gasteiger partial charge in [0.1, 0.15) is 4.90 Å². The number of carbonyl (C=O) groups excluding carboxylic acids is 1. The van der Waals surface area contributed by atoms with E-state index >= 15 is 0 Å². The van der Waals surface area contributed by atoms with E-state index in [4.69, 9.17) is 4.74 Å². The van der Waals surface area contributed by atoms with Gasteiger partial charge in [-0.05, 0) is 48.2 Å². The summed E-state index contributed by atoms with van der Waals surface area (Å²) in [5, 5.41) is 2.73. The molecule has 10 heteroatoms. The van der Waals surface area contributed by atoms with Gasteiger partial charge in [-0.15, -0.1) is 0 Å². The molecular formula is C22H25F3N2O4S. The number of rotatable bonds is 5. The molecular weight excluding hydrogens is 445 g/mol. The van der Waals surface area contributed by atoms with Gasteiger partial charge in [-0.2, -0.15) is 13.2 Å². The minimum atomic E-state index is -5.75. The third-order valence-electron chi connectivity index (χ3n) is 5.49. The number of amides is 1. The molecule has 1 amide bonds. The summed E-state index contributed by atoms with van der Waals surface area (Å²) in [6, 6.07) is 7.97. The van der Waals surface area contributed by atoms with Crippen molar-refractivity contribution in [2.75, 3.05) is 26.0 Å². The number of carbonyl (C=O) groups is 1. The van der Waals surface area contributed by atoms with Gasteiger partial charge in [0.25, 0.3) is 15.7 Å². The Hall–Kier alpha value is -2.59. The van der Waals surface area contributed by atoms with Gasteiger partial charge in [-0.25, -0.2) is 8.42 Å². The largest absolute Gasteiger partial charge is 0.502 e. The van der Waals surface area contributed by atoms with Crippen molar-refractivity contribution in [1.29, 1.82) is 0 Å². The molecule has 1 aliphatic rings. The summed E-state index contributed by atoms with van der Waals surface area (Å²) in [5.41, 5.74) is -3.38. The maximum atomic E-state index is 13.4. The highest BCUT2D eigenvalue weighted by molar-refractivity contribution is 7.92. The third-order valence-corrected chi connectivity index (χ3v) is 7.06. The molecule has 0 spiro atoms. The predicted octanol–water partition coefficient (Wildman–Crippen LogP) is 4.35. The van der Waals surface area contributed by atoms with Crippen LogP contribution in [0.25, 0.3) is 0 Å². The monoisotopic (exact) mass is 470 g/mol. The number of benzene rings is 2. The Balaban J connectivity index is 2.11. The van der Waals surface area contributed by atoms with E-state index in [1.165, 1.54) is 12.1 Å². The van der Waals surface area contributed by atoms with E-state index in [1.54, 1.807) is 26.0 Å². The van der Waals surface area contributed by atoms with E-state index in [-0.39, 0.29) is 11.1 Å². The molecule has 0 aliphatic carbocycles. The molecule has 6 nitrogen and oxygen atoms in total. The molecule has 0 atom stereocenters. The van der Waals surface area contributed by atoms with E-state index in [0.717, 1.165) is 24.8 Å². The first-order valence-electron chi connectivity index (χ1n) is 10.0. The minimum Gasteiger partial charge on any atom is -0.495 e. The number of likely N-dealkylation sites (N-methyl/N-ethyl adjacent to an activating group) is 1. The topological polar surface area (TPSA) is 75.7 Å². The number of hydrogen-bond donors (Lipinski definition) is 1. The van der Waals surface area contributed by atoms with E-state index in [0.29, 0.717) is 18.7 Å². The van der Waals surface area contributed by atoms with E-state index in [2.05, 4.69) is 10.2 Å². The van der Waals surface area contributed by atoms with Crippen LogP contribution < -0.4 is 10.1 Å². The molecule has 174 valence electrons. The standard InChI is InChI=1S/C22H25F3N2O4S/c1-13(2)15-8-9-17(19(31-4)20(15)32(29,30)22(23,24)25)21(28)26-18-7-5-6-14-12-27(3)11-10-16(14)18/h5-9,13H,10-12H2,1-4H3,(H,26,28). The average molecular weight is 471 g/mol. The minimum absolute atomic E-state index is 0.0733. The van der Waals surface area contributed by atoms with Crippen molar-refractivity contribution in [1.82, 2.24) is 4.90 Å². The van der Waals surface area contributed by atoms with Crippen LogP contribution in [0.3, 0.4) is 0 Å². The quantitative estimate of drug-likeness (QED) is 0.703. The van der Waals surface area contributed by atoms with Gasteiger partial charge in [-0.1, -0.05) is 32.0 Å². The van der Waals surface area contributed by atoms with Crippen LogP contribution >= 0.6 is 0 Å². The zero-order valence-corrected chi connectivity index (χ0v) is 19.0. The van der Waals surface area contributed by atoms with Gasteiger partial charge < -0.3 is 15.0 Å². The van der Waals surface area contributed by atoms with Crippen LogP contribution in [-0.4, -0.2) is 45.4 Å². The second-order valence-corrected chi connectivity index (χ2v) is 9.93. The maximum Gasteiger partial charge on any atom is 0.502 e. The summed E-state index contributed by atoms with van der Waals surface area (Å²) < 4.78 is 70.1. The number of fused-ring (bicyclic) bond motifs is 1. The lowest BCUT2D eigenvalue weighted by Crippen LogP contribution is -2.28. The Bertz CT molecular complexity index is 1140. The first-order valence-corrected chi connectivity index (χ1v) is 11.5. The van der Waals surface area contributed by atoms with E-state index < -0.39 is 37.8 Å². The molecule has 0 saturated carbocycles. The summed E-state index contributed by atoms with van der Waals surface area (Å²) in [5.74, 6) is -1.91. The van der Waals surface area contributed by atoms with E-state index in [9.17, 15) is 26.4 Å². The molecule has 0 aromatic heterocycles. The second-order valence-electron chi connectivity index (χ2n) is 8.05. The maximum absolute atomic E-state index is 13.4. The Kier molecular flexibility index (Phi) is 6.57. The van der Waals surface area contributed by atoms with Gasteiger partial charge in [0.15, 0.2) is 5.75 Å². The van der Waals surface area contributed by atoms with Gasteiger partial charge in [0, 0.05) is 18.8 Å². The summed E-state index contributed by atoms with van der Waals surface area (Å²) in [4.78, 5) is 14.2. The summed E-state index contributed by atoms with van der Waals surface area (Å²) in [6.45, 7) is 4.63. The number of methoxy groups -OCH3 is 1. The van der Waals surface area contributed by atoms with Crippen LogP contribution in [0.15, 0.2) is 35.2 Å². The van der Waals surface area contributed by atoms with Crippen molar-refractivity contribution in [2.24, 2.45) is 0 Å². The highest BCUT2D eigenvalue weighted by Gasteiger charge is 2.50. The SMILES string of the molecule is COc1c(C(=O)Nc2cccc3c2CCN(C)C3)ccc(C(C)C)c1S(=O)(=O)C(F)(F)F. The highest BCUT2D eigenvalue weighted by atomic mass is 32.2. The molecule has 32 heavy (non-hydrogen) atoms. The zero-order chi connectivity index (χ0) is 23.8. The molecule has 1 N–H and O–H groups in total. The van der Waals surface area contributed by atoms with Crippen LogP contribution in [0.5, 0.6) is 5.75 Å². The molecule has 2 aromatic rings. The van der Waals surface area contributed by atoms with Gasteiger partial charge in [0.2, 0.25) is 0 Å². The number of halogens is 3. The highest BCUT2D eigenvalue weighted by Crippen LogP contribution is 2.42. The van der Waals surface area contributed by atoms with Crippen molar-refractivity contribution in [2.45, 2.75) is 43.1 Å². The van der Waals surface area contributed by atoms with Crippen LogP contribution in [0, 0.1) is 0 Å². The van der Waals surface area contributed by atoms with Crippen molar-refractivity contribution in [3.63, 3.8) is 0 Å². The summed E-state index contributed by atoms with van der Waals surface area (Å²) >= 11 is 0. The Morgan fingerprint density at radius 1 is 1.19 bits per heavy atom. The zero-order valence-electron chi connectivity index (χ0n) is 18.2. The molecule has 0 saturated heterocycles. The summed E-state index contributed by atoms with van der Waals surface area (Å²) in [7, 11) is -2.72. The average Bonchev–Trinajstić information content (AvgIpc) is 2.71. The van der Waals surface area contributed by atoms with Crippen LogP contribution in [0.4, 0.5) is 18.9 Å². The van der Waals surface area contributed by atoms with Crippen LogP contribution in [0.2, 0.25) is 0 Å². The van der Waals surface area contributed by atoms with Gasteiger partial charge in [-0.3, -0.25) is 4.79 Å². The normalized spacial score (nSPS) is 14.9. The first-order chi connectivity index (χ1) is 14.9. The lowest BCUT2D eigenvalue weighted by Gasteiger charge is -2.27. The number of alkyl halides is 3.